The lowest BCUT2D eigenvalue weighted by Crippen LogP contribution is -2.11. The lowest BCUT2D eigenvalue weighted by atomic mass is 10.0. The van der Waals surface area contributed by atoms with E-state index in [-0.39, 0.29) is 11.4 Å². The molecular weight excluding hydrogens is 255 g/mol. The predicted octanol–water partition coefficient (Wildman–Crippen LogP) is 3.63. The predicted molar refractivity (Wildman–Crippen MR) is 75.9 cm³/mol. The van der Waals surface area contributed by atoms with Gasteiger partial charge < -0.3 is 10.2 Å². The summed E-state index contributed by atoms with van der Waals surface area (Å²) in [6, 6.07) is 10.0. The van der Waals surface area contributed by atoms with E-state index in [4.69, 9.17) is 10.2 Å². The molecule has 0 saturated heterocycles. The first-order chi connectivity index (χ1) is 9.54. The average molecular weight is 270 g/mol. The van der Waals surface area contributed by atoms with Crippen molar-refractivity contribution < 1.29 is 8.81 Å². The van der Waals surface area contributed by atoms with Gasteiger partial charge in [0.1, 0.15) is 5.76 Å². The van der Waals surface area contributed by atoms with Gasteiger partial charge >= 0.3 is 0 Å². The van der Waals surface area contributed by atoms with Crippen LogP contribution in [0.4, 0.5) is 4.39 Å². The van der Waals surface area contributed by atoms with Crippen LogP contribution in [0.15, 0.2) is 40.8 Å². The van der Waals surface area contributed by atoms with Gasteiger partial charge in [-0.1, -0.05) is 12.1 Å². The number of hydrogen-bond donors (Lipinski definition) is 1. The molecule has 20 heavy (non-hydrogen) atoms. The van der Waals surface area contributed by atoms with Crippen LogP contribution in [-0.2, 0) is 0 Å². The van der Waals surface area contributed by atoms with Gasteiger partial charge in [0.2, 0.25) is 0 Å². The lowest BCUT2D eigenvalue weighted by molar-refractivity contribution is 0.502. The van der Waals surface area contributed by atoms with Crippen molar-refractivity contribution in [2.45, 2.75) is 19.9 Å². The standard InChI is InChI=1S/C16H15FN2O/c1-9-6-12(7-10(2)19-9)15(18)14-8-11-4-3-5-13(17)16(11)20-14/h3-8,15H,18H2,1-2H3. The number of aromatic nitrogens is 1. The zero-order chi connectivity index (χ0) is 14.3. The molecule has 102 valence electrons. The number of benzene rings is 1. The first-order valence-electron chi connectivity index (χ1n) is 6.43. The second kappa shape index (κ2) is 4.72. The zero-order valence-electron chi connectivity index (χ0n) is 11.4. The van der Waals surface area contributed by atoms with Crippen LogP contribution in [-0.4, -0.2) is 4.98 Å². The Bertz CT molecular complexity index is 759. The fourth-order valence-corrected chi connectivity index (χ4v) is 2.41. The van der Waals surface area contributed by atoms with E-state index in [0.29, 0.717) is 5.76 Å². The highest BCUT2D eigenvalue weighted by molar-refractivity contribution is 5.78. The van der Waals surface area contributed by atoms with E-state index >= 15 is 0 Å². The van der Waals surface area contributed by atoms with Gasteiger partial charge in [0, 0.05) is 16.8 Å². The molecule has 1 atom stereocenters. The van der Waals surface area contributed by atoms with Crippen molar-refractivity contribution in [2.24, 2.45) is 5.73 Å². The Kier molecular flexibility index (Phi) is 3.03. The average Bonchev–Trinajstić information content (AvgIpc) is 2.82. The van der Waals surface area contributed by atoms with E-state index in [1.165, 1.54) is 6.07 Å². The summed E-state index contributed by atoms with van der Waals surface area (Å²) in [6.07, 6.45) is 0. The van der Waals surface area contributed by atoms with Gasteiger partial charge in [0.25, 0.3) is 0 Å². The zero-order valence-corrected chi connectivity index (χ0v) is 11.4. The van der Waals surface area contributed by atoms with Crippen LogP contribution in [0.1, 0.15) is 28.8 Å². The Morgan fingerprint density at radius 3 is 2.50 bits per heavy atom. The Labute approximate surface area is 116 Å². The SMILES string of the molecule is Cc1cc(C(N)c2cc3cccc(F)c3o2)cc(C)n1. The molecule has 2 aromatic heterocycles. The summed E-state index contributed by atoms with van der Waals surface area (Å²) in [5, 5.41) is 0.720. The normalized spacial score (nSPS) is 12.8. The number of para-hydroxylation sites is 1. The van der Waals surface area contributed by atoms with Crippen molar-refractivity contribution in [3.05, 3.63) is 64.9 Å². The number of hydrogen-bond acceptors (Lipinski definition) is 3. The highest BCUT2D eigenvalue weighted by Gasteiger charge is 2.16. The Morgan fingerprint density at radius 2 is 1.85 bits per heavy atom. The topological polar surface area (TPSA) is 52.0 Å². The molecule has 1 aromatic carbocycles. The van der Waals surface area contributed by atoms with Crippen LogP contribution in [0, 0.1) is 19.7 Å². The molecule has 4 heteroatoms. The number of aryl methyl sites for hydroxylation is 2. The number of rotatable bonds is 2. The largest absolute Gasteiger partial charge is 0.456 e. The molecule has 0 radical (unpaired) electrons. The maximum absolute atomic E-state index is 13.6. The summed E-state index contributed by atoms with van der Waals surface area (Å²) in [5.41, 5.74) is 9.19. The molecule has 0 aliphatic rings. The Hall–Kier alpha value is -2.20. The lowest BCUT2D eigenvalue weighted by Gasteiger charge is -2.10. The number of fused-ring (bicyclic) bond motifs is 1. The summed E-state index contributed by atoms with van der Waals surface area (Å²) >= 11 is 0. The molecule has 0 aliphatic carbocycles. The van der Waals surface area contributed by atoms with Crippen LogP contribution in [0.3, 0.4) is 0 Å². The molecule has 0 aliphatic heterocycles. The fourth-order valence-electron chi connectivity index (χ4n) is 2.41. The van der Waals surface area contributed by atoms with Crippen molar-refractivity contribution in [1.82, 2.24) is 4.98 Å². The van der Waals surface area contributed by atoms with E-state index in [2.05, 4.69) is 4.98 Å². The van der Waals surface area contributed by atoms with E-state index in [1.807, 2.05) is 26.0 Å². The van der Waals surface area contributed by atoms with Gasteiger partial charge in [-0.05, 0) is 43.7 Å². The summed E-state index contributed by atoms with van der Waals surface area (Å²) < 4.78 is 19.2. The molecule has 1 unspecified atom stereocenters. The van der Waals surface area contributed by atoms with Gasteiger partial charge in [-0.2, -0.15) is 0 Å². The van der Waals surface area contributed by atoms with Gasteiger partial charge in [-0.3, -0.25) is 4.98 Å². The second-order valence-corrected chi connectivity index (χ2v) is 4.97. The molecule has 2 N–H and O–H groups in total. The fraction of sp³-hybridized carbons (Fsp3) is 0.188. The number of furan rings is 1. The van der Waals surface area contributed by atoms with Crippen molar-refractivity contribution in [3.63, 3.8) is 0 Å². The molecule has 0 fully saturated rings. The summed E-state index contributed by atoms with van der Waals surface area (Å²) in [5.74, 6) is 0.179. The molecule has 0 spiro atoms. The van der Waals surface area contributed by atoms with Crippen molar-refractivity contribution >= 4 is 11.0 Å². The molecule has 3 aromatic rings. The molecule has 2 heterocycles. The third-order valence-corrected chi connectivity index (χ3v) is 3.28. The summed E-state index contributed by atoms with van der Waals surface area (Å²) in [7, 11) is 0. The minimum Gasteiger partial charge on any atom is -0.456 e. The minimum atomic E-state index is -0.429. The van der Waals surface area contributed by atoms with Gasteiger partial charge in [0.05, 0.1) is 6.04 Å². The molecule has 0 bridgehead atoms. The van der Waals surface area contributed by atoms with Gasteiger partial charge in [0.15, 0.2) is 11.4 Å². The first kappa shape index (κ1) is 12.8. The van der Waals surface area contributed by atoms with Gasteiger partial charge in [-0.15, -0.1) is 0 Å². The van der Waals surface area contributed by atoms with Crippen LogP contribution in [0.25, 0.3) is 11.0 Å². The van der Waals surface area contributed by atoms with Gasteiger partial charge in [-0.25, -0.2) is 4.39 Å². The van der Waals surface area contributed by atoms with Crippen molar-refractivity contribution in [1.29, 1.82) is 0 Å². The summed E-state index contributed by atoms with van der Waals surface area (Å²) in [6.45, 7) is 3.84. The van der Waals surface area contributed by atoms with Crippen LogP contribution in [0.2, 0.25) is 0 Å². The summed E-state index contributed by atoms with van der Waals surface area (Å²) in [4.78, 5) is 4.32. The quantitative estimate of drug-likeness (QED) is 0.773. The molecule has 3 rings (SSSR count). The van der Waals surface area contributed by atoms with Crippen LogP contribution >= 0.6 is 0 Å². The smallest absolute Gasteiger partial charge is 0.169 e. The number of halogens is 1. The Morgan fingerprint density at radius 1 is 1.15 bits per heavy atom. The first-order valence-corrected chi connectivity index (χ1v) is 6.43. The van der Waals surface area contributed by atoms with Crippen molar-refractivity contribution in [3.8, 4) is 0 Å². The number of pyridine rings is 1. The van der Waals surface area contributed by atoms with E-state index in [1.54, 1.807) is 18.2 Å². The van der Waals surface area contributed by atoms with Crippen LogP contribution in [0.5, 0.6) is 0 Å². The Balaban J connectivity index is 2.07. The van der Waals surface area contributed by atoms with Crippen molar-refractivity contribution in [2.75, 3.05) is 0 Å². The number of nitrogens with zero attached hydrogens (tertiary/aromatic N) is 1. The molecular formula is C16H15FN2O. The molecule has 0 amide bonds. The maximum atomic E-state index is 13.6. The van der Waals surface area contributed by atoms with Crippen LogP contribution < -0.4 is 5.73 Å². The highest BCUT2D eigenvalue weighted by Crippen LogP contribution is 2.28. The van der Waals surface area contributed by atoms with E-state index in [0.717, 1.165) is 22.3 Å². The monoisotopic (exact) mass is 270 g/mol. The van der Waals surface area contributed by atoms with E-state index in [9.17, 15) is 4.39 Å². The highest BCUT2D eigenvalue weighted by atomic mass is 19.1. The third-order valence-electron chi connectivity index (χ3n) is 3.28. The molecule has 3 nitrogen and oxygen atoms in total. The minimum absolute atomic E-state index is 0.250. The maximum Gasteiger partial charge on any atom is 0.169 e. The third kappa shape index (κ3) is 2.18. The van der Waals surface area contributed by atoms with E-state index < -0.39 is 6.04 Å². The second-order valence-electron chi connectivity index (χ2n) is 4.97. The molecule has 0 saturated carbocycles. The number of nitrogens with two attached hydrogens (primary N) is 1.